The van der Waals surface area contributed by atoms with Crippen LogP contribution in [0, 0.1) is 0 Å². The van der Waals surface area contributed by atoms with Crippen molar-refractivity contribution in [2.24, 2.45) is 4.99 Å². The highest BCUT2D eigenvalue weighted by atomic mass is 15.3. The first-order valence-electron chi connectivity index (χ1n) is 7.17. The summed E-state index contributed by atoms with van der Waals surface area (Å²) in [7, 11) is 1.82. The molecular formula is C13H24N6. The lowest BCUT2D eigenvalue weighted by atomic mass is 10.2. The van der Waals surface area contributed by atoms with Crippen LogP contribution in [-0.2, 0) is 13.0 Å². The number of rotatable bonds is 5. The van der Waals surface area contributed by atoms with Crippen molar-refractivity contribution in [1.29, 1.82) is 0 Å². The van der Waals surface area contributed by atoms with Crippen molar-refractivity contribution < 1.29 is 0 Å². The van der Waals surface area contributed by atoms with Crippen LogP contribution < -0.4 is 10.6 Å². The molecule has 0 amide bonds. The lowest BCUT2D eigenvalue weighted by molar-refractivity contribution is 0.594. The largest absolute Gasteiger partial charge is 0.355 e. The van der Waals surface area contributed by atoms with E-state index in [0.29, 0.717) is 6.04 Å². The van der Waals surface area contributed by atoms with E-state index in [1.54, 1.807) is 6.33 Å². The molecule has 0 aromatic carbocycles. The number of aliphatic imine (C=N–C) groups is 1. The third-order valence-electron chi connectivity index (χ3n) is 3.58. The Morgan fingerprint density at radius 1 is 1.47 bits per heavy atom. The van der Waals surface area contributed by atoms with Crippen molar-refractivity contribution >= 4 is 5.96 Å². The van der Waals surface area contributed by atoms with Gasteiger partial charge in [-0.05, 0) is 12.8 Å². The first kappa shape index (κ1) is 13.8. The number of guanidine groups is 1. The van der Waals surface area contributed by atoms with Gasteiger partial charge in [0.1, 0.15) is 12.2 Å². The third-order valence-corrected chi connectivity index (χ3v) is 3.58. The molecule has 6 nitrogen and oxygen atoms in total. The van der Waals surface area contributed by atoms with Crippen molar-refractivity contribution in [3.63, 3.8) is 0 Å². The Hall–Kier alpha value is -1.59. The van der Waals surface area contributed by atoms with Gasteiger partial charge in [-0.3, -0.25) is 4.99 Å². The third kappa shape index (κ3) is 3.94. The average molecular weight is 264 g/mol. The summed E-state index contributed by atoms with van der Waals surface area (Å²) in [5.41, 5.74) is 0. The van der Waals surface area contributed by atoms with Gasteiger partial charge in [0.25, 0.3) is 0 Å². The normalized spacial score (nSPS) is 16.8. The van der Waals surface area contributed by atoms with Crippen LogP contribution in [0.1, 0.15) is 38.4 Å². The van der Waals surface area contributed by atoms with E-state index in [1.807, 2.05) is 7.05 Å². The van der Waals surface area contributed by atoms with Gasteiger partial charge in [-0.2, -0.15) is 0 Å². The summed E-state index contributed by atoms with van der Waals surface area (Å²) in [5.74, 6) is 1.93. The van der Waals surface area contributed by atoms with Crippen LogP contribution in [0.3, 0.4) is 0 Å². The molecule has 1 aliphatic carbocycles. The van der Waals surface area contributed by atoms with E-state index < -0.39 is 0 Å². The quantitative estimate of drug-likeness (QED) is 0.614. The number of hydrogen-bond acceptors (Lipinski definition) is 3. The smallest absolute Gasteiger partial charge is 0.191 e. The summed E-state index contributed by atoms with van der Waals surface area (Å²) < 4.78 is 2.08. The van der Waals surface area contributed by atoms with Crippen LogP contribution >= 0.6 is 0 Å². The molecule has 0 radical (unpaired) electrons. The molecule has 106 valence electrons. The molecule has 0 bridgehead atoms. The minimum atomic E-state index is 0.590. The number of nitrogens with one attached hydrogen (secondary N) is 2. The van der Waals surface area contributed by atoms with E-state index in [2.05, 4.69) is 37.3 Å². The fourth-order valence-electron chi connectivity index (χ4n) is 2.49. The molecule has 0 unspecified atom stereocenters. The van der Waals surface area contributed by atoms with Crippen molar-refractivity contribution in [1.82, 2.24) is 25.4 Å². The predicted molar refractivity (Wildman–Crippen MR) is 76.2 cm³/mol. The maximum atomic E-state index is 4.27. The van der Waals surface area contributed by atoms with Gasteiger partial charge >= 0.3 is 0 Å². The number of aromatic nitrogens is 3. The fourth-order valence-corrected chi connectivity index (χ4v) is 2.49. The number of nitrogens with zero attached hydrogens (tertiary/aromatic N) is 4. The fraction of sp³-hybridized carbons (Fsp3) is 0.769. The van der Waals surface area contributed by atoms with Crippen molar-refractivity contribution in [3.05, 3.63) is 12.2 Å². The van der Waals surface area contributed by atoms with Crippen LogP contribution in [0.25, 0.3) is 0 Å². The van der Waals surface area contributed by atoms with Gasteiger partial charge in [0, 0.05) is 32.6 Å². The Kier molecular flexibility index (Phi) is 5.18. The molecule has 2 N–H and O–H groups in total. The number of aryl methyl sites for hydroxylation is 1. The minimum Gasteiger partial charge on any atom is -0.355 e. The van der Waals surface area contributed by atoms with Crippen molar-refractivity contribution in [3.8, 4) is 0 Å². The zero-order valence-corrected chi connectivity index (χ0v) is 11.9. The maximum absolute atomic E-state index is 4.27. The molecule has 1 heterocycles. The Balaban J connectivity index is 1.74. The van der Waals surface area contributed by atoms with E-state index in [-0.39, 0.29) is 0 Å². The molecule has 0 saturated heterocycles. The van der Waals surface area contributed by atoms with Crippen LogP contribution in [0.5, 0.6) is 0 Å². The molecule has 2 rings (SSSR count). The second kappa shape index (κ2) is 7.11. The maximum Gasteiger partial charge on any atom is 0.191 e. The Bertz CT molecular complexity index is 405. The molecule has 19 heavy (non-hydrogen) atoms. The van der Waals surface area contributed by atoms with Crippen LogP contribution in [0.15, 0.2) is 11.3 Å². The van der Waals surface area contributed by atoms with Gasteiger partial charge < -0.3 is 15.2 Å². The molecule has 1 aromatic heterocycles. The Labute approximate surface area is 114 Å². The molecule has 0 aliphatic heterocycles. The van der Waals surface area contributed by atoms with Crippen molar-refractivity contribution in [2.45, 2.75) is 51.6 Å². The monoisotopic (exact) mass is 264 g/mol. The first-order chi connectivity index (χ1) is 9.33. The van der Waals surface area contributed by atoms with Gasteiger partial charge in [-0.15, -0.1) is 10.2 Å². The van der Waals surface area contributed by atoms with E-state index in [0.717, 1.165) is 31.3 Å². The molecule has 0 spiro atoms. The molecular weight excluding hydrogens is 240 g/mol. The topological polar surface area (TPSA) is 67.1 Å². The highest BCUT2D eigenvalue weighted by Crippen LogP contribution is 2.17. The SMILES string of the molecule is CCc1nncn1CCNC(=NC)NC1CCCC1. The average Bonchev–Trinajstić information content (AvgIpc) is 3.08. The molecule has 1 aromatic rings. The second-order valence-electron chi connectivity index (χ2n) is 4.92. The number of hydrogen-bond donors (Lipinski definition) is 2. The standard InChI is InChI=1S/C13H24N6/c1-3-12-18-16-10-19(12)9-8-15-13(14-2)17-11-6-4-5-7-11/h10-11H,3-9H2,1-2H3,(H2,14,15,17). The summed E-state index contributed by atoms with van der Waals surface area (Å²) in [6.45, 7) is 3.79. The van der Waals surface area contributed by atoms with Gasteiger partial charge in [-0.25, -0.2) is 0 Å². The van der Waals surface area contributed by atoms with Crippen LogP contribution in [0.2, 0.25) is 0 Å². The highest BCUT2D eigenvalue weighted by Gasteiger charge is 2.15. The minimum absolute atomic E-state index is 0.590. The van der Waals surface area contributed by atoms with E-state index in [1.165, 1.54) is 25.7 Å². The summed E-state index contributed by atoms with van der Waals surface area (Å²) in [4.78, 5) is 4.27. The zero-order valence-electron chi connectivity index (χ0n) is 11.9. The Morgan fingerprint density at radius 3 is 2.95 bits per heavy atom. The van der Waals surface area contributed by atoms with Gasteiger partial charge in [0.2, 0.25) is 0 Å². The van der Waals surface area contributed by atoms with Crippen LogP contribution in [0.4, 0.5) is 0 Å². The lowest BCUT2D eigenvalue weighted by Crippen LogP contribution is -2.43. The van der Waals surface area contributed by atoms with E-state index in [9.17, 15) is 0 Å². The van der Waals surface area contributed by atoms with Gasteiger partial charge in [-0.1, -0.05) is 19.8 Å². The summed E-state index contributed by atoms with van der Waals surface area (Å²) in [5, 5.41) is 14.8. The summed E-state index contributed by atoms with van der Waals surface area (Å²) in [6, 6.07) is 0.590. The highest BCUT2D eigenvalue weighted by molar-refractivity contribution is 5.79. The zero-order chi connectivity index (χ0) is 13.5. The predicted octanol–water partition coefficient (Wildman–Crippen LogP) is 0.948. The second-order valence-corrected chi connectivity index (χ2v) is 4.92. The molecule has 6 heteroatoms. The van der Waals surface area contributed by atoms with Gasteiger partial charge in [0.05, 0.1) is 0 Å². The van der Waals surface area contributed by atoms with Gasteiger partial charge in [0.15, 0.2) is 5.96 Å². The summed E-state index contributed by atoms with van der Waals surface area (Å²) in [6.07, 6.45) is 7.87. The first-order valence-corrected chi connectivity index (χ1v) is 7.17. The Morgan fingerprint density at radius 2 is 2.26 bits per heavy atom. The molecule has 1 fully saturated rings. The van der Waals surface area contributed by atoms with Crippen molar-refractivity contribution in [2.75, 3.05) is 13.6 Å². The molecule has 0 atom stereocenters. The molecule has 1 aliphatic rings. The van der Waals surface area contributed by atoms with E-state index >= 15 is 0 Å². The van der Waals surface area contributed by atoms with Crippen LogP contribution in [-0.4, -0.2) is 40.4 Å². The lowest BCUT2D eigenvalue weighted by Gasteiger charge is -2.17. The molecule has 1 saturated carbocycles. The summed E-state index contributed by atoms with van der Waals surface area (Å²) >= 11 is 0. The van der Waals surface area contributed by atoms with E-state index in [4.69, 9.17) is 0 Å².